The first kappa shape index (κ1) is 17.2. The molecule has 0 aliphatic carbocycles. The summed E-state index contributed by atoms with van der Waals surface area (Å²) >= 11 is 5.10. The van der Waals surface area contributed by atoms with Gasteiger partial charge in [-0.2, -0.15) is 0 Å². The molecule has 26 heavy (non-hydrogen) atoms. The Bertz CT molecular complexity index is 934. The Morgan fingerprint density at radius 1 is 1.12 bits per heavy atom. The van der Waals surface area contributed by atoms with Crippen LogP contribution in [0.2, 0.25) is 0 Å². The minimum atomic E-state index is -0.134. The zero-order valence-corrected chi connectivity index (χ0v) is 16.5. The Morgan fingerprint density at radius 2 is 1.92 bits per heavy atom. The predicted molar refractivity (Wildman–Crippen MR) is 111 cm³/mol. The lowest BCUT2D eigenvalue weighted by molar-refractivity contribution is 0.102. The Labute approximate surface area is 165 Å². The summed E-state index contributed by atoms with van der Waals surface area (Å²) in [6.45, 7) is 2.18. The molecule has 2 heterocycles. The molecule has 1 fully saturated rings. The highest BCUT2D eigenvalue weighted by Gasteiger charge is 2.16. The third-order valence-electron chi connectivity index (χ3n) is 4.40. The smallest absolute Gasteiger partial charge is 0.256 e. The molecule has 0 saturated carbocycles. The third kappa shape index (κ3) is 3.66. The van der Waals surface area contributed by atoms with Crippen LogP contribution in [0.25, 0.3) is 11.3 Å². The highest BCUT2D eigenvalue weighted by molar-refractivity contribution is 9.10. The number of hydrogen-bond acceptors (Lipinski definition) is 4. The summed E-state index contributed by atoms with van der Waals surface area (Å²) in [5.74, 6) is -0.134. The van der Waals surface area contributed by atoms with E-state index in [4.69, 9.17) is 4.98 Å². The summed E-state index contributed by atoms with van der Waals surface area (Å²) in [7, 11) is 0. The van der Waals surface area contributed by atoms with E-state index in [1.807, 2.05) is 42.5 Å². The fourth-order valence-corrected chi connectivity index (χ4v) is 4.40. The summed E-state index contributed by atoms with van der Waals surface area (Å²) in [6.07, 6.45) is 2.48. The van der Waals surface area contributed by atoms with E-state index in [1.165, 1.54) is 12.8 Å². The van der Waals surface area contributed by atoms with Gasteiger partial charge in [0.1, 0.15) is 0 Å². The van der Waals surface area contributed by atoms with Crippen molar-refractivity contribution >= 4 is 44.0 Å². The molecule has 1 aliphatic heterocycles. The van der Waals surface area contributed by atoms with E-state index in [9.17, 15) is 4.79 Å². The molecule has 1 amide bonds. The largest absolute Gasteiger partial charge is 0.348 e. The van der Waals surface area contributed by atoms with Crippen molar-refractivity contribution in [3.63, 3.8) is 0 Å². The summed E-state index contributed by atoms with van der Waals surface area (Å²) in [5, 5.41) is 6.14. The van der Waals surface area contributed by atoms with Crippen molar-refractivity contribution in [2.75, 3.05) is 23.3 Å². The van der Waals surface area contributed by atoms with Crippen LogP contribution in [-0.2, 0) is 0 Å². The lowest BCUT2D eigenvalue weighted by atomic mass is 10.1. The number of carbonyl (C=O) groups excluding carboxylic acids is 1. The fourth-order valence-electron chi connectivity index (χ4n) is 3.05. The van der Waals surface area contributed by atoms with Gasteiger partial charge in [-0.15, -0.1) is 11.3 Å². The molecule has 4 nitrogen and oxygen atoms in total. The van der Waals surface area contributed by atoms with Gasteiger partial charge in [0.2, 0.25) is 0 Å². The highest BCUT2D eigenvalue weighted by atomic mass is 79.9. The molecule has 0 spiro atoms. The summed E-state index contributed by atoms with van der Waals surface area (Å²) in [5.41, 5.74) is 3.34. The first-order valence-corrected chi connectivity index (χ1v) is 10.2. The second-order valence-electron chi connectivity index (χ2n) is 6.22. The fraction of sp³-hybridized carbons (Fsp3) is 0.200. The van der Waals surface area contributed by atoms with Crippen LogP contribution in [-0.4, -0.2) is 24.0 Å². The first-order valence-electron chi connectivity index (χ1n) is 8.57. The topological polar surface area (TPSA) is 45.2 Å². The van der Waals surface area contributed by atoms with Gasteiger partial charge >= 0.3 is 0 Å². The van der Waals surface area contributed by atoms with Gasteiger partial charge in [0, 0.05) is 34.2 Å². The second kappa shape index (κ2) is 7.60. The van der Waals surface area contributed by atoms with Gasteiger partial charge in [-0.05, 0) is 53.0 Å². The number of hydrogen-bond donors (Lipinski definition) is 1. The third-order valence-corrected chi connectivity index (χ3v) is 6.00. The van der Waals surface area contributed by atoms with Gasteiger partial charge in [0.15, 0.2) is 5.13 Å². The van der Waals surface area contributed by atoms with Gasteiger partial charge in [-0.1, -0.05) is 24.3 Å². The molecule has 3 aromatic rings. The quantitative estimate of drug-likeness (QED) is 0.603. The summed E-state index contributed by atoms with van der Waals surface area (Å²) < 4.78 is 0.781. The average molecular weight is 428 g/mol. The molecule has 1 N–H and O–H groups in total. The number of carbonyl (C=O) groups is 1. The van der Waals surface area contributed by atoms with E-state index in [2.05, 4.69) is 31.5 Å². The van der Waals surface area contributed by atoms with E-state index in [0.717, 1.165) is 39.6 Å². The molecule has 132 valence electrons. The number of rotatable bonds is 4. The zero-order valence-electron chi connectivity index (χ0n) is 14.1. The predicted octanol–water partition coefficient (Wildman–Crippen LogP) is 5.43. The van der Waals surface area contributed by atoms with Crippen molar-refractivity contribution in [3.05, 3.63) is 63.9 Å². The van der Waals surface area contributed by atoms with Gasteiger partial charge in [-0.3, -0.25) is 4.79 Å². The van der Waals surface area contributed by atoms with Crippen molar-refractivity contribution in [1.29, 1.82) is 0 Å². The van der Waals surface area contributed by atoms with Crippen LogP contribution in [0.15, 0.2) is 58.4 Å². The Hall–Kier alpha value is -2.18. The lowest BCUT2D eigenvalue weighted by Crippen LogP contribution is -2.17. The van der Waals surface area contributed by atoms with Crippen molar-refractivity contribution < 1.29 is 4.79 Å². The minimum Gasteiger partial charge on any atom is -0.348 e. The highest BCUT2D eigenvalue weighted by Crippen LogP contribution is 2.30. The van der Waals surface area contributed by atoms with E-state index < -0.39 is 0 Å². The minimum absolute atomic E-state index is 0.134. The Morgan fingerprint density at radius 3 is 2.73 bits per heavy atom. The van der Waals surface area contributed by atoms with Crippen molar-refractivity contribution in [3.8, 4) is 11.3 Å². The number of nitrogens with one attached hydrogen (secondary N) is 1. The van der Waals surface area contributed by atoms with Crippen LogP contribution < -0.4 is 10.2 Å². The van der Waals surface area contributed by atoms with Gasteiger partial charge in [-0.25, -0.2) is 4.98 Å². The second-order valence-corrected chi connectivity index (χ2v) is 7.92. The number of anilines is 2. The van der Waals surface area contributed by atoms with Crippen molar-refractivity contribution in [2.45, 2.75) is 12.8 Å². The molecule has 0 atom stereocenters. The molecule has 1 saturated heterocycles. The zero-order chi connectivity index (χ0) is 17.9. The summed E-state index contributed by atoms with van der Waals surface area (Å²) in [4.78, 5) is 19.6. The monoisotopic (exact) mass is 427 g/mol. The molecule has 4 rings (SSSR count). The molecule has 6 heteroatoms. The number of halogens is 1. The molecule has 1 aliphatic rings. The van der Waals surface area contributed by atoms with Crippen molar-refractivity contribution in [1.82, 2.24) is 4.98 Å². The number of benzene rings is 2. The van der Waals surface area contributed by atoms with Crippen LogP contribution in [0.1, 0.15) is 23.2 Å². The molecule has 0 bridgehead atoms. The number of thiazole rings is 1. The maximum atomic E-state index is 12.5. The van der Waals surface area contributed by atoms with E-state index in [-0.39, 0.29) is 5.91 Å². The van der Waals surface area contributed by atoms with Crippen molar-refractivity contribution in [2.24, 2.45) is 0 Å². The number of aromatic nitrogens is 1. The summed E-state index contributed by atoms with van der Waals surface area (Å²) in [6, 6.07) is 15.2. The molecule has 1 aromatic heterocycles. The van der Waals surface area contributed by atoms with Gasteiger partial charge in [0.05, 0.1) is 11.3 Å². The maximum Gasteiger partial charge on any atom is 0.256 e. The standard InChI is InChI=1S/C20H18BrN3OS/c21-17-9-2-1-8-16(17)19(25)22-15-7-5-6-14(12-15)18-13-26-20(23-18)24-10-3-4-11-24/h1-2,5-9,12-13H,3-4,10-11H2,(H,22,25). The maximum absolute atomic E-state index is 12.5. The van der Waals surface area contributed by atoms with Crippen LogP contribution in [0.4, 0.5) is 10.8 Å². The average Bonchev–Trinajstić information content (AvgIpc) is 3.34. The SMILES string of the molecule is O=C(Nc1cccc(-c2csc(N3CCCC3)n2)c1)c1ccccc1Br. The van der Waals surface area contributed by atoms with E-state index >= 15 is 0 Å². The normalized spacial score (nSPS) is 13.8. The molecule has 0 unspecified atom stereocenters. The van der Waals surface area contributed by atoms with Crippen LogP contribution in [0.5, 0.6) is 0 Å². The Kier molecular flexibility index (Phi) is 5.04. The van der Waals surface area contributed by atoms with Gasteiger partial charge in [0.25, 0.3) is 5.91 Å². The van der Waals surface area contributed by atoms with E-state index in [1.54, 1.807) is 17.4 Å². The van der Waals surface area contributed by atoms with Crippen LogP contribution >= 0.6 is 27.3 Å². The van der Waals surface area contributed by atoms with Crippen LogP contribution in [0.3, 0.4) is 0 Å². The molecule has 2 aromatic carbocycles. The van der Waals surface area contributed by atoms with E-state index in [0.29, 0.717) is 5.56 Å². The lowest BCUT2D eigenvalue weighted by Gasteiger charge is -2.12. The molecular formula is C20H18BrN3OS. The molecule has 0 radical (unpaired) electrons. The molecular weight excluding hydrogens is 410 g/mol. The first-order chi connectivity index (χ1) is 12.7. The van der Waals surface area contributed by atoms with Gasteiger partial charge < -0.3 is 10.2 Å². The Balaban J connectivity index is 1.53. The number of amides is 1. The van der Waals surface area contributed by atoms with Crippen LogP contribution in [0, 0.1) is 0 Å². The number of nitrogens with zero attached hydrogens (tertiary/aromatic N) is 2.